The molecule has 48 heavy (non-hydrogen) atoms. The number of urea groups is 1. The number of hydrogen-bond acceptors (Lipinski definition) is 12. The second-order valence-corrected chi connectivity index (χ2v) is 10.8. The van der Waals surface area contributed by atoms with Crippen LogP contribution in [0, 0.1) is 5.92 Å². The maximum absolute atomic E-state index is 13.3. The second-order valence-electron chi connectivity index (χ2n) is 10.8. The molecule has 0 bridgehead atoms. The van der Waals surface area contributed by atoms with E-state index < -0.39 is 35.9 Å². The van der Waals surface area contributed by atoms with Crippen LogP contribution >= 0.6 is 0 Å². The van der Waals surface area contributed by atoms with Gasteiger partial charge in [0.05, 0.1) is 59.5 Å². The minimum atomic E-state index is -0.982. The summed E-state index contributed by atoms with van der Waals surface area (Å²) in [5, 5.41) is 10.7. The number of amides is 5. The molecule has 0 fully saturated rings. The van der Waals surface area contributed by atoms with Crippen molar-refractivity contribution in [2.75, 3.05) is 71.3 Å². The third-order valence-electron chi connectivity index (χ3n) is 6.47. The number of nitrogens with two attached hydrogens (primary N) is 2. The number of carbonyl (C=O) groups is 5. The molecular weight excluding hydrogens is 632 g/mol. The van der Waals surface area contributed by atoms with E-state index in [0.717, 1.165) is 5.56 Å². The Kier molecular flexibility index (Phi) is 22.9. The van der Waals surface area contributed by atoms with E-state index in [-0.39, 0.29) is 51.0 Å². The highest BCUT2D eigenvalue weighted by molar-refractivity contribution is 5.98. The number of carbonyl (C=O) groups excluding carboxylic acids is 5. The molecule has 8 N–H and O–H groups in total. The first-order valence-corrected chi connectivity index (χ1v) is 15.8. The van der Waals surface area contributed by atoms with Crippen molar-refractivity contribution in [3.8, 4) is 0 Å². The van der Waals surface area contributed by atoms with E-state index in [1.807, 2.05) is 0 Å². The predicted octanol–water partition coefficient (Wildman–Crippen LogP) is 0.109. The summed E-state index contributed by atoms with van der Waals surface area (Å²) in [4.78, 5) is 65.6. The zero-order valence-electron chi connectivity index (χ0n) is 28.1. The molecule has 5 amide bonds. The van der Waals surface area contributed by atoms with Crippen LogP contribution in [-0.4, -0.2) is 108 Å². The van der Waals surface area contributed by atoms with Gasteiger partial charge < -0.3 is 55.5 Å². The average molecular weight is 685 g/mol. The molecule has 0 aliphatic carbocycles. The van der Waals surface area contributed by atoms with E-state index in [4.69, 9.17) is 35.3 Å². The molecular formula is C31H52N6O11. The van der Waals surface area contributed by atoms with Crippen molar-refractivity contribution in [3.05, 3.63) is 29.8 Å². The average Bonchev–Trinajstić information content (AvgIpc) is 3.04. The van der Waals surface area contributed by atoms with Gasteiger partial charge in [-0.05, 0) is 36.5 Å². The first kappa shape index (κ1) is 42.2. The number of esters is 1. The Morgan fingerprint density at radius 2 is 1.33 bits per heavy atom. The standard InChI is InChI=1S/C31H52N6O11/c1-22(2)28(37-27(39)10-12-43-13-14-44-15-16-45-17-18-46-19-20-48-33)30(41)36-26(5-4-11-34-31(32)42)29(40)35-25-8-6-24(7-9-25)21-47-23(3)38/h6-9,22,26,28H,4-5,10-21,33H2,1-3H3,(H,35,40)(H,36,41)(H,37,39)(H3,32,34,42)/t26-,28?/m0/s1. The zero-order chi connectivity index (χ0) is 35.6. The van der Waals surface area contributed by atoms with Crippen LogP contribution in [0.1, 0.15) is 45.6 Å². The quantitative estimate of drug-likeness (QED) is 0.0411. The molecule has 0 heterocycles. The zero-order valence-corrected chi connectivity index (χ0v) is 28.1. The van der Waals surface area contributed by atoms with E-state index in [1.54, 1.807) is 38.1 Å². The molecule has 0 aliphatic rings. The largest absolute Gasteiger partial charge is 0.461 e. The number of anilines is 1. The summed E-state index contributed by atoms with van der Waals surface area (Å²) in [5.74, 6) is 2.78. The van der Waals surface area contributed by atoms with Crippen LogP contribution in [0.2, 0.25) is 0 Å². The van der Waals surface area contributed by atoms with Crippen molar-refractivity contribution < 1.29 is 52.5 Å². The SMILES string of the molecule is CC(=O)OCc1ccc(NC(=O)[C@H](CCCNC(N)=O)NC(=O)C(NC(=O)CCOCCOCCOCCOCCON)C(C)C)cc1. The Bertz CT molecular complexity index is 1090. The molecule has 17 nitrogen and oxygen atoms in total. The van der Waals surface area contributed by atoms with Crippen LogP contribution in [0.5, 0.6) is 0 Å². The summed E-state index contributed by atoms with van der Waals surface area (Å²) >= 11 is 0. The molecule has 1 unspecified atom stereocenters. The first-order chi connectivity index (χ1) is 23.0. The Morgan fingerprint density at radius 3 is 1.85 bits per heavy atom. The van der Waals surface area contributed by atoms with E-state index >= 15 is 0 Å². The number of ether oxygens (including phenoxy) is 5. The lowest BCUT2D eigenvalue weighted by atomic mass is 10.0. The van der Waals surface area contributed by atoms with Gasteiger partial charge >= 0.3 is 12.0 Å². The number of nitrogens with one attached hydrogen (secondary N) is 4. The van der Waals surface area contributed by atoms with Gasteiger partial charge in [-0.1, -0.05) is 26.0 Å². The fourth-order valence-corrected chi connectivity index (χ4v) is 3.96. The van der Waals surface area contributed by atoms with Crippen molar-refractivity contribution in [3.63, 3.8) is 0 Å². The maximum atomic E-state index is 13.3. The van der Waals surface area contributed by atoms with Gasteiger partial charge in [-0.25, -0.2) is 10.7 Å². The van der Waals surface area contributed by atoms with Gasteiger partial charge in [-0.3, -0.25) is 19.2 Å². The molecule has 0 aromatic heterocycles. The molecule has 0 aliphatic heterocycles. The lowest BCUT2D eigenvalue weighted by Gasteiger charge is -2.25. The van der Waals surface area contributed by atoms with Crippen LogP contribution in [-0.2, 0) is 54.3 Å². The van der Waals surface area contributed by atoms with Crippen LogP contribution in [0.15, 0.2) is 24.3 Å². The highest BCUT2D eigenvalue weighted by Gasteiger charge is 2.28. The Morgan fingerprint density at radius 1 is 0.771 bits per heavy atom. The minimum Gasteiger partial charge on any atom is -0.461 e. The number of benzene rings is 1. The predicted molar refractivity (Wildman–Crippen MR) is 174 cm³/mol. The van der Waals surface area contributed by atoms with Gasteiger partial charge in [0, 0.05) is 25.6 Å². The van der Waals surface area contributed by atoms with Crippen molar-refractivity contribution >= 4 is 35.4 Å². The summed E-state index contributed by atoms with van der Waals surface area (Å²) in [6, 6.07) is 4.08. The van der Waals surface area contributed by atoms with Gasteiger partial charge in [-0.2, -0.15) is 0 Å². The van der Waals surface area contributed by atoms with Crippen LogP contribution in [0.25, 0.3) is 0 Å². The monoisotopic (exact) mass is 684 g/mol. The highest BCUT2D eigenvalue weighted by Crippen LogP contribution is 2.13. The molecule has 1 rings (SSSR count). The lowest BCUT2D eigenvalue weighted by Crippen LogP contribution is -2.54. The summed E-state index contributed by atoms with van der Waals surface area (Å²) < 4.78 is 26.4. The van der Waals surface area contributed by atoms with E-state index in [2.05, 4.69) is 26.1 Å². The van der Waals surface area contributed by atoms with Gasteiger partial charge in [0.25, 0.3) is 0 Å². The topological polar surface area (TPSA) is 241 Å². The molecule has 17 heteroatoms. The molecule has 1 aromatic rings. The molecule has 272 valence electrons. The summed E-state index contributed by atoms with van der Waals surface area (Å²) in [6.07, 6.45) is 0.545. The number of rotatable bonds is 27. The van der Waals surface area contributed by atoms with Crippen LogP contribution < -0.4 is 32.9 Å². The van der Waals surface area contributed by atoms with Gasteiger partial charge in [0.2, 0.25) is 17.7 Å². The van der Waals surface area contributed by atoms with E-state index in [1.165, 1.54) is 6.92 Å². The molecule has 2 atom stereocenters. The summed E-state index contributed by atoms with van der Waals surface area (Å²) in [7, 11) is 0. The Hall–Kier alpha value is -3.87. The Balaban J connectivity index is 2.53. The van der Waals surface area contributed by atoms with E-state index in [9.17, 15) is 24.0 Å². The number of hydrogen-bond donors (Lipinski definition) is 6. The van der Waals surface area contributed by atoms with Crippen LogP contribution in [0.4, 0.5) is 10.5 Å². The third kappa shape index (κ3) is 21.1. The van der Waals surface area contributed by atoms with Crippen LogP contribution in [0.3, 0.4) is 0 Å². The van der Waals surface area contributed by atoms with Gasteiger partial charge in [0.15, 0.2) is 0 Å². The van der Waals surface area contributed by atoms with Crippen molar-refractivity contribution in [1.29, 1.82) is 0 Å². The van der Waals surface area contributed by atoms with Gasteiger partial charge in [-0.15, -0.1) is 0 Å². The van der Waals surface area contributed by atoms with Crippen molar-refractivity contribution in [2.24, 2.45) is 17.5 Å². The second kappa shape index (κ2) is 26.1. The third-order valence-corrected chi connectivity index (χ3v) is 6.47. The maximum Gasteiger partial charge on any atom is 0.312 e. The fraction of sp³-hybridized carbons (Fsp3) is 0.645. The molecule has 0 spiro atoms. The smallest absolute Gasteiger partial charge is 0.312 e. The van der Waals surface area contributed by atoms with E-state index in [0.29, 0.717) is 58.4 Å². The lowest BCUT2D eigenvalue weighted by molar-refractivity contribution is -0.142. The normalized spacial score (nSPS) is 12.2. The minimum absolute atomic E-state index is 0.0188. The first-order valence-electron chi connectivity index (χ1n) is 15.8. The van der Waals surface area contributed by atoms with Crippen molar-refractivity contribution in [1.82, 2.24) is 16.0 Å². The molecule has 0 saturated carbocycles. The van der Waals surface area contributed by atoms with Gasteiger partial charge in [0.1, 0.15) is 18.7 Å². The van der Waals surface area contributed by atoms with Crippen molar-refractivity contribution in [2.45, 2.75) is 58.7 Å². The Labute approximate surface area is 281 Å². The molecule has 1 aromatic carbocycles. The number of primary amides is 1. The summed E-state index contributed by atoms with van der Waals surface area (Å²) in [6.45, 7) is 8.23. The molecule has 0 radical (unpaired) electrons. The highest BCUT2D eigenvalue weighted by atomic mass is 16.6. The molecule has 0 saturated heterocycles. The summed E-state index contributed by atoms with van der Waals surface area (Å²) in [5.41, 5.74) is 6.32. The fourth-order valence-electron chi connectivity index (χ4n) is 3.96.